The maximum Gasteiger partial charge on any atom is 0.279 e. The highest BCUT2D eigenvalue weighted by Crippen LogP contribution is 2.18. The van der Waals surface area contributed by atoms with Crippen LogP contribution in [-0.2, 0) is 9.59 Å². The molecule has 0 aliphatic carbocycles. The maximum absolute atomic E-state index is 12.0. The van der Waals surface area contributed by atoms with E-state index in [0.717, 1.165) is 0 Å². The first kappa shape index (κ1) is 19.3. The van der Waals surface area contributed by atoms with Crippen LogP contribution in [0.5, 0.6) is 11.5 Å². The SMILES string of the molecule is CC(Oc1ccccc1C#N)C(=O)NNC(=O)COc1ccccc1C#N. The van der Waals surface area contributed by atoms with Crippen LogP contribution in [0, 0.1) is 22.7 Å². The Morgan fingerprint density at radius 3 is 2.15 bits per heavy atom. The highest BCUT2D eigenvalue weighted by Gasteiger charge is 2.17. The maximum atomic E-state index is 12.0. The van der Waals surface area contributed by atoms with Crippen LogP contribution in [-0.4, -0.2) is 24.5 Å². The summed E-state index contributed by atoms with van der Waals surface area (Å²) in [6.07, 6.45) is -0.944. The molecule has 0 saturated carbocycles. The Balaban J connectivity index is 1.81. The predicted octanol–water partition coefficient (Wildman–Crippen LogP) is 1.42. The predicted molar refractivity (Wildman–Crippen MR) is 94.2 cm³/mol. The number of amides is 2. The van der Waals surface area contributed by atoms with E-state index >= 15 is 0 Å². The summed E-state index contributed by atoms with van der Waals surface area (Å²) < 4.78 is 10.7. The smallest absolute Gasteiger partial charge is 0.279 e. The molecule has 0 heterocycles. The molecule has 8 heteroatoms. The van der Waals surface area contributed by atoms with Gasteiger partial charge in [0.05, 0.1) is 11.1 Å². The molecule has 0 saturated heterocycles. The molecule has 0 radical (unpaired) electrons. The molecular weight excluding hydrogens is 348 g/mol. The van der Waals surface area contributed by atoms with Gasteiger partial charge < -0.3 is 9.47 Å². The number of hydrazine groups is 1. The molecule has 0 fully saturated rings. The summed E-state index contributed by atoms with van der Waals surface area (Å²) in [6, 6.07) is 16.9. The van der Waals surface area contributed by atoms with Crippen molar-refractivity contribution in [1.29, 1.82) is 10.5 Å². The molecule has 27 heavy (non-hydrogen) atoms. The molecule has 0 bridgehead atoms. The fraction of sp³-hybridized carbons (Fsp3) is 0.158. The summed E-state index contributed by atoms with van der Waals surface area (Å²) in [5, 5.41) is 18.0. The molecule has 2 amide bonds. The molecule has 2 aromatic carbocycles. The lowest BCUT2D eigenvalue weighted by Crippen LogP contribution is -2.48. The van der Waals surface area contributed by atoms with Crippen molar-refractivity contribution in [1.82, 2.24) is 10.9 Å². The van der Waals surface area contributed by atoms with Gasteiger partial charge in [0, 0.05) is 0 Å². The summed E-state index contributed by atoms with van der Waals surface area (Å²) in [6.45, 7) is 1.10. The standard InChI is InChI=1S/C19H16N4O4/c1-13(27-17-9-5-3-7-15(17)11-21)19(25)23-22-18(24)12-26-16-8-4-2-6-14(16)10-20/h2-9,13H,12H2,1H3,(H,22,24)(H,23,25). The van der Waals surface area contributed by atoms with Crippen molar-refractivity contribution in [3.8, 4) is 23.6 Å². The van der Waals surface area contributed by atoms with Crippen LogP contribution in [0.1, 0.15) is 18.1 Å². The Labute approximate surface area is 155 Å². The van der Waals surface area contributed by atoms with Crippen LogP contribution in [0.4, 0.5) is 0 Å². The van der Waals surface area contributed by atoms with E-state index in [2.05, 4.69) is 10.9 Å². The molecule has 136 valence electrons. The number of benzene rings is 2. The summed E-state index contributed by atoms with van der Waals surface area (Å²) in [4.78, 5) is 23.8. The molecule has 1 unspecified atom stereocenters. The molecule has 0 aliphatic heterocycles. The van der Waals surface area contributed by atoms with Crippen molar-refractivity contribution >= 4 is 11.8 Å². The molecule has 2 N–H and O–H groups in total. The van der Waals surface area contributed by atoms with Gasteiger partial charge in [0.1, 0.15) is 23.6 Å². The molecule has 8 nitrogen and oxygen atoms in total. The van der Waals surface area contributed by atoms with E-state index in [0.29, 0.717) is 11.1 Å². The van der Waals surface area contributed by atoms with Crippen LogP contribution in [0.15, 0.2) is 48.5 Å². The number of carbonyl (C=O) groups excluding carboxylic acids is 2. The number of nitriles is 2. The lowest BCUT2D eigenvalue weighted by Gasteiger charge is -2.16. The van der Waals surface area contributed by atoms with Crippen molar-refractivity contribution in [2.75, 3.05) is 6.61 Å². The third-order valence-corrected chi connectivity index (χ3v) is 3.37. The van der Waals surface area contributed by atoms with E-state index in [1.807, 2.05) is 12.1 Å². The van der Waals surface area contributed by atoms with Gasteiger partial charge in [-0.3, -0.25) is 20.4 Å². The summed E-state index contributed by atoms with van der Waals surface area (Å²) >= 11 is 0. The van der Waals surface area contributed by atoms with Gasteiger partial charge >= 0.3 is 0 Å². The van der Waals surface area contributed by atoms with Crippen LogP contribution in [0.25, 0.3) is 0 Å². The highest BCUT2D eigenvalue weighted by molar-refractivity contribution is 5.85. The monoisotopic (exact) mass is 364 g/mol. The van der Waals surface area contributed by atoms with Gasteiger partial charge in [-0.05, 0) is 31.2 Å². The lowest BCUT2D eigenvalue weighted by atomic mass is 10.2. The minimum absolute atomic E-state index is 0.269. The second kappa shape index (κ2) is 9.44. The van der Waals surface area contributed by atoms with E-state index in [4.69, 9.17) is 20.0 Å². The zero-order valence-electron chi connectivity index (χ0n) is 14.4. The number of hydrogen-bond acceptors (Lipinski definition) is 6. The number of nitrogens with one attached hydrogen (secondary N) is 2. The Bertz CT molecular complexity index is 914. The Hall–Kier alpha value is -4.04. The molecule has 0 aromatic heterocycles. The van der Waals surface area contributed by atoms with E-state index in [1.54, 1.807) is 48.5 Å². The summed E-state index contributed by atoms with van der Waals surface area (Å²) in [5.41, 5.74) is 5.00. The first-order valence-electron chi connectivity index (χ1n) is 7.91. The quantitative estimate of drug-likeness (QED) is 0.747. The van der Waals surface area contributed by atoms with Gasteiger partial charge in [-0.2, -0.15) is 10.5 Å². The van der Waals surface area contributed by atoms with Crippen molar-refractivity contribution < 1.29 is 19.1 Å². The van der Waals surface area contributed by atoms with Gasteiger partial charge in [-0.25, -0.2) is 0 Å². The van der Waals surface area contributed by atoms with Crippen molar-refractivity contribution in [3.05, 3.63) is 59.7 Å². The minimum atomic E-state index is -0.944. The zero-order chi connectivity index (χ0) is 19.6. The second-order valence-electron chi connectivity index (χ2n) is 5.30. The molecule has 0 aliphatic rings. The number of nitrogens with zero attached hydrogens (tertiary/aromatic N) is 2. The normalized spacial score (nSPS) is 10.6. The van der Waals surface area contributed by atoms with Crippen molar-refractivity contribution in [2.45, 2.75) is 13.0 Å². The Kier molecular flexibility index (Phi) is 6.75. The number of para-hydroxylation sites is 2. The molecule has 2 aromatic rings. The zero-order valence-corrected chi connectivity index (χ0v) is 14.4. The highest BCUT2D eigenvalue weighted by atomic mass is 16.5. The number of carbonyl (C=O) groups is 2. The lowest BCUT2D eigenvalue weighted by molar-refractivity contribution is -0.133. The third-order valence-electron chi connectivity index (χ3n) is 3.37. The average Bonchev–Trinajstić information content (AvgIpc) is 2.70. The summed E-state index contributed by atoms with van der Waals surface area (Å²) in [7, 11) is 0. The van der Waals surface area contributed by atoms with Gasteiger partial charge in [0.15, 0.2) is 12.7 Å². The molecule has 2 rings (SSSR count). The van der Waals surface area contributed by atoms with Gasteiger partial charge in [0.25, 0.3) is 11.8 Å². The molecule has 0 spiro atoms. The van der Waals surface area contributed by atoms with Crippen LogP contribution in [0.2, 0.25) is 0 Å². The topological polar surface area (TPSA) is 124 Å². The van der Waals surface area contributed by atoms with E-state index in [1.165, 1.54) is 6.92 Å². The second-order valence-corrected chi connectivity index (χ2v) is 5.30. The van der Waals surface area contributed by atoms with E-state index in [-0.39, 0.29) is 18.1 Å². The fourth-order valence-electron chi connectivity index (χ4n) is 2.00. The van der Waals surface area contributed by atoms with Crippen LogP contribution >= 0.6 is 0 Å². The minimum Gasteiger partial charge on any atom is -0.482 e. The first-order chi connectivity index (χ1) is 13.0. The largest absolute Gasteiger partial charge is 0.482 e. The number of ether oxygens (including phenoxy) is 2. The van der Waals surface area contributed by atoms with Crippen molar-refractivity contribution in [3.63, 3.8) is 0 Å². The van der Waals surface area contributed by atoms with Gasteiger partial charge in [-0.1, -0.05) is 24.3 Å². The van der Waals surface area contributed by atoms with Crippen LogP contribution in [0.3, 0.4) is 0 Å². The Morgan fingerprint density at radius 1 is 0.963 bits per heavy atom. The first-order valence-corrected chi connectivity index (χ1v) is 7.91. The van der Waals surface area contributed by atoms with Crippen LogP contribution < -0.4 is 20.3 Å². The summed E-state index contributed by atoms with van der Waals surface area (Å²) in [5.74, 6) is -0.675. The van der Waals surface area contributed by atoms with E-state index < -0.39 is 17.9 Å². The molecule has 1 atom stereocenters. The molecular formula is C19H16N4O4. The van der Waals surface area contributed by atoms with Gasteiger partial charge in [-0.15, -0.1) is 0 Å². The fourth-order valence-corrected chi connectivity index (χ4v) is 2.00. The van der Waals surface area contributed by atoms with E-state index in [9.17, 15) is 9.59 Å². The third kappa shape index (κ3) is 5.48. The number of hydrogen-bond donors (Lipinski definition) is 2. The van der Waals surface area contributed by atoms with Crippen molar-refractivity contribution in [2.24, 2.45) is 0 Å². The van der Waals surface area contributed by atoms with Gasteiger partial charge in [0.2, 0.25) is 0 Å². The Morgan fingerprint density at radius 2 is 1.52 bits per heavy atom. The number of rotatable bonds is 6. The average molecular weight is 364 g/mol.